The third-order valence-corrected chi connectivity index (χ3v) is 4.10. The van der Waals surface area contributed by atoms with Gasteiger partial charge in [0.05, 0.1) is 12.5 Å². The van der Waals surface area contributed by atoms with Gasteiger partial charge in [0.2, 0.25) is 5.91 Å². The van der Waals surface area contributed by atoms with Crippen molar-refractivity contribution >= 4 is 5.91 Å². The van der Waals surface area contributed by atoms with Crippen molar-refractivity contribution in [2.24, 2.45) is 11.8 Å². The predicted octanol–water partition coefficient (Wildman–Crippen LogP) is 0.869. The van der Waals surface area contributed by atoms with Gasteiger partial charge in [-0.3, -0.25) is 4.79 Å². The number of piperidine rings is 1. The number of hydrogen-bond acceptors (Lipinski definition) is 3. The highest BCUT2D eigenvalue weighted by Gasteiger charge is 2.32. The van der Waals surface area contributed by atoms with Crippen molar-refractivity contribution in [1.82, 2.24) is 10.2 Å². The molecule has 0 radical (unpaired) electrons. The molecule has 4 nitrogen and oxygen atoms in total. The summed E-state index contributed by atoms with van der Waals surface area (Å²) < 4.78 is 5.40. The van der Waals surface area contributed by atoms with Crippen molar-refractivity contribution in [3.63, 3.8) is 0 Å². The first-order valence-corrected chi connectivity index (χ1v) is 6.76. The normalized spacial score (nSPS) is 34.7. The summed E-state index contributed by atoms with van der Waals surface area (Å²) in [5.74, 6) is 0.968. The van der Waals surface area contributed by atoms with Crippen LogP contribution in [0.5, 0.6) is 0 Å². The SMILES string of the molecule is CNC1CCN(C(=O)C2CCCOC2)CC1C. The largest absolute Gasteiger partial charge is 0.381 e. The van der Waals surface area contributed by atoms with Crippen LogP contribution in [0.4, 0.5) is 0 Å². The molecular weight excluding hydrogens is 216 g/mol. The number of nitrogens with one attached hydrogen (secondary N) is 1. The van der Waals surface area contributed by atoms with Crippen LogP contribution in [0.3, 0.4) is 0 Å². The molecule has 0 aromatic rings. The van der Waals surface area contributed by atoms with E-state index in [1.54, 1.807) is 0 Å². The molecule has 2 aliphatic heterocycles. The summed E-state index contributed by atoms with van der Waals surface area (Å²) in [5.41, 5.74) is 0. The van der Waals surface area contributed by atoms with E-state index in [0.717, 1.165) is 39.0 Å². The van der Waals surface area contributed by atoms with Gasteiger partial charge in [-0.25, -0.2) is 0 Å². The molecule has 0 aromatic carbocycles. The average molecular weight is 240 g/mol. The quantitative estimate of drug-likeness (QED) is 0.778. The number of rotatable bonds is 2. The molecule has 3 atom stereocenters. The fourth-order valence-corrected chi connectivity index (χ4v) is 2.97. The molecule has 1 N–H and O–H groups in total. The van der Waals surface area contributed by atoms with Crippen LogP contribution in [0.1, 0.15) is 26.2 Å². The highest BCUT2D eigenvalue weighted by atomic mass is 16.5. The predicted molar refractivity (Wildman–Crippen MR) is 66.8 cm³/mol. The Kier molecular flexibility index (Phi) is 4.40. The van der Waals surface area contributed by atoms with Crippen LogP contribution in [-0.4, -0.2) is 50.2 Å². The van der Waals surface area contributed by atoms with E-state index >= 15 is 0 Å². The van der Waals surface area contributed by atoms with Crippen molar-refractivity contribution in [3.05, 3.63) is 0 Å². The first kappa shape index (κ1) is 12.8. The van der Waals surface area contributed by atoms with Crippen LogP contribution in [0, 0.1) is 11.8 Å². The number of nitrogens with zero attached hydrogens (tertiary/aromatic N) is 1. The van der Waals surface area contributed by atoms with E-state index < -0.39 is 0 Å². The number of carbonyl (C=O) groups is 1. The van der Waals surface area contributed by atoms with Crippen LogP contribution in [0.25, 0.3) is 0 Å². The van der Waals surface area contributed by atoms with Gasteiger partial charge in [-0.05, 0) is 32.2 Å². The van der Waals surface area contributed by atoms with Gasteiger partial charge >= 0.3 is 0 Å². The molecule has 4 heteroatoms. The van der Waals surface area contributed by atoms with Gasteiger partial charge in [-0.2, -0.15) is 0 Å². The highest BCUT2D eigenvalue weighted by molar-refractivity contribution is 5.79. The molecule has 0 aromatic heterocycles. The number of ether oxygens (including phenoxy) is 1. The zero-order valence-electron chi connectivity index (χ0n) is 10.9. The summed E-state index contributed by atoms with van der Waals surface area (Å²) in [7, 11) is 2.01. The van der Waals surface area contributed by atoms with Gasteiger partial charge in [0.15, 0.2) is 0 Å². The van der Waals surface area contributed by atoms with Gasteiger partial charge in [-0.1, -0.05) is 6.92 Å². The monoisotopic (exact) mass is 240 g/mol. The summed E-state index contributed by atoms with van der Waals surface area (Å²) in [5, 5.41) is 3.33. The number of carbonyl (C=O) groups excluding carboxylic acids is 1. The van der Waals surface area contributed by atoms with E-state index in [1.807, 2.05) is 11.9 Å². The molecule has 0 aliphatic carbocycles. The van der Waals surface area contributed by atoms with E-state index in [1.165, 1.54) is 0 Å². The molecule has 0 saturated carbocycles. The van der Waals surface area contributed by atoms with E-state index in [0.29, 0.717) is 24.5 Å². The summed E-state index contributed by atoms with van der Waals surface area (Å²) >= 11 is 0. The molecule has 2 rings (SSSR count). The van der Waals surface area contributed by atoms with Crippen molar-refractivity contribution in [3.8, 4) is 0 Å². The maximum atomic E-state index is 12.3. The number of likely N-dealkylation sites (tertiary alicyclic amines) is 1. The summed E-state index contributed by atoms with van der Waals surface area (Å²) in [6.07, 6.45) is 3.09. The lowest BCUT2D eigenvalue weighted by Crippen LogP contribution is -2.51. The van der Waals surface area contributed by atoms with E-state index in [-0.39, 0.29) is 5.92 Å². The first-order valence-electron chi connectivity index (χ1n) is 6.76. The second-order valence-corrected chi connectivity index (χ2v) is 5.36. The Morgan fingerprint density at radius 1 is 1.41 bits per heavy atom. The standard InChI is InChI=1S/C13H24N2O2/c1-10-8-15(6-5-12(10)14-2)13(16)11-4-3-7-17-9-11/h10-12,14H,3-9H2,1-2H3. The lowest BCUT2D eigenvalue weighted by molar-refractivity contribution is -0.141. The Hall–Kier alpha value is -0.610. The van der Waals surface area contributed by atoms with Crippen molar-refractivity contribution in [2.45, 2.75) is 32.2 Å². The van der Waals surface area contributed by atoms with E-state index in [9.17, 15) is 4.79 Å². The Bertz CT molecular complexity index is 264. The molecule has 17 heavy (non-hydrogen) atoms. The molecule has 0 spiro atoms. The van der Waals surface area contributed by atoms with Crippen molar-refractivity contribution in [2.75, 3.05) is 33.4 Å². The second-order valence-electron chi connectivity index (χ2n) is 5.36. The molecule has 3 unspecified atom stereocenters. The second kappa shape index (κ2) is 5.83. The Labute approximate surface area is 104 Å². The summed E-state index contributed by atoms with van der Waals surface area (Å²) in [6.45, 7) is 5.45. The van der Waals surface area contributed by atoms with Gasteiger partial charge in [0, 0.05) is 25.7 Å². The number of hydrogen-bond donors (Lipinski definition) is 1. The lowest BCUT2D eigenvalue weighted by Gasteiger charge is -2.38. The molecule has 0 bridgehead atoms. The first-order chi connectivity index (χ1) is 8.22. The Morgan fingerprint density at radius 2 is 2.24 bits per heavy atom. The van der Waals surface area contributed by atoms with Crippen LogP contribution in [0.15, 0.2) is 0 Å². The zero-order valence-corrected chi connectivity index (χ0v) is 10.9. The smallest absolute Gasteiger partial charge is 0.228 e. The van der Waals surface area contributed by atoms with Crippen LogP contribution < -0.4 is 5.32 Å². The molecule has 2 heterocycles. The maximum Gasteiger partial charge on any atom is 0.228 e. The van der Waals surface area contributed by atoms with Gasteiger partial charge in [-0.15, -0.1) is 0 Å². The minimum atomic E-state index is 0.113. The van der Waals surface area contributed by atoms with Crippen LogP contribution in [0.2, 0.25) is 0 Å². The minimum Gasteiger partial charge on any atom is -0.381 e. The Balaban J connectivity index is 1.87. The van der Waals surface area contributed by atoms with Gasteiger partial charge in [0.25, 0.3) is 0 Å². The molecular formula is C13H24N2O2. The van der Waals surface area contributed by atoms with Gasteiger partial charge in [0.1, 0.15) is 0 Å². The maximum absolute atomic E-state index is 12.3. The Morgan fingerprint density at radius 3 is 2.82 bits per heavy atom. The third kappa shape index (κ3) is 2.99. The van der Waals surface area contributed by atoms with Crippen molar-refractivity contribution < 1.29 is 9.53 Å². The highest BCUT2D eigenvalue weighted by Crippen LogP contribution is 2.22. The van der Waals surface area contributed by atoms with Gasteiger partial charge < -0.3 is 15.0 Å². The van der Waals surface area contributed by atoms with E-state index in [2.05, 4.69) is 12.2 Å². The molecule has 98 valence electrons. The topological polar surface area (TPSA) is 41.6 Å². The number of amides is 1. The van der Waals surface area contributed by atoms with Crippen molar-refractivity contribution in [1.29, 1.82) is 0 Å². The third-order valence-electron chi connectivity index (χ3n) is 4.10. The van der Waals surface area contributed by atoms with Crippen LogP contribution in [-0.2, 0) is 9.53 Å². The summed E-state index contributed by atoms with van der Waals surface area (Å²) in [6, 6.07) is 0.557. The van der Waals surface area contributed by atoms with E-state index in [4.69, 9.17) is 4.74 Å². The average Bonchev–Trinajstić information content (AvgIpc) is 2.39. The minimum absolute atomic E-state index is 0.113. The molecule has 2 saturated heterocycles. The molecule has 2 fully saturated rings. The fraction of sp³-hybridized carbons (Fsp3) is 0.923. The molecule has 1 amide bonds. The summed E-state index contributed by atoms with van der Waals surface area (Å²) in [4.78, 5) is 14.4. The fourth-order valence-electron chi connectivity index (χ4n) is 2.97. The van der Waals surface area contributed by atoms with Crippen LogP contribution >= 0.6 is 0 Å². The molecule has 2 aliphatic rings. The zero-order chi connectivity index (χ0) is 12.3. The lowest BCUT2D eigenvalue weighted by atomic mass is 9.92.